The lowest BCUT2D eigenvalue weighted by Crippen LogP contribution is -2.29. The summed E-state index contributed by atoms with van der Waals surface area (Å²) in [5.41, 5.74) is 0.931. The van der Waals surface area contributed by atoms with Crippen molar-refractivity contribution in [3.05, 3.63) is 30.2 Å². The Morgan fingerprint density at radius 3 is 2.86 bits per heavy atom. The number of benzene rings is 1. The Balaban J connectivity index is 1.65. The van der Waals surface area contributed by atoms with E-state index in [0.717, 1.165) is 30.8 Å². The van der Waals surface area contributed by atoms with E-state index in [2.05, 4.69) is 20.4 Å². The third-order valence-electron chi connectivity index (χ3n) is 3.86. The molecule has 2 heterocycles. The van der Waals surface area contributed by atoms with Crippen LogP contribution < -0.4 is 10.1 Å². The fourth-order valence-corrected chi connectivity index (χ4v) is 2.58. The number of hydrogen-bond acceptors (Lipinski definition) is 6. The fraction of sp³-hybridized carbons (Fsp3) is 0.467. The molecule has 0 amide bonds. The number of rotatable bonds is 5. The van der Waals surface area contributed by atoms with E-state index in [1.807, 2.05) is 31.3 Å². The van der Waals surface area contributed by atoms with Crippen LogP contribution >= 0.6 is 0 Å². The molecule has 2 aromatic rings. The molecule has 0 saturated carbocycles. The predicted molar refractivity (Wildman–Crippen MR) is 79.0 cm³/mol. The minimum absolute atomic E-state index is 0.564. The Kier molecular flexibility index (Phi) is 4.17. The molecule has 1 saturated heterocycles. The smallest absolute Gasteiger partial charge is 0.241 e. The monoisotopic (exact) mass is 288 g/mol. The molecule has 0 aliphatic carbocycles. The summed E-state index contributed by atoms with van der Waals surface area (Å²) >= 11 is 0. The molecule has 1 unspecified atom stereocenters. The van der Waals surface area contributed by atoms with Gasteiger partial charge in [-0.25, -0.2) is 0 Å². The molecule has 6 heteroatoms. The zero-order valence-electron chi connectivity index (χ0n) is 12.4. The van der Waals surface area contributed by atoms with Crippen LogP contribution in [0, 0.1) is 0 Å². The van der Waals surface area contributed by atoms with Crippen LogP contribution in [0.3, 0.4) is 0 Å². The number of likely N-dealkylation sites (N-methyl/N-ethyl adjacent to an activating group) is 1. The highest BCUT2D eigenvalue weighted by atomic mass is 16.5. The van der Waals surface area contributed by atoms with Gasteiger partial charge in [-0.05, 0) is 37.7 Å². The number of ether oxygens (including phenoxy) is 1. The summed E-state index contributed by atoms with van der Waals surface area (Å²) in [4.78, 5) is 6.80. The minimum Gasteiger partial charge on any atom is -0.497 e. The summed E-state index contributed by atoms with van der Waals surface area (Å²) in [5, 5.41) is 7.36. The Morgan fingerprint density at radius 1 is 1.38 bits per heavy atom. The molecule has 1 fully saturated rings. The molecule has 1 aliphatic heterocycles. The first kappa shape index (κ1) is 14.0. The van der Waals surface area contributed by atoms with E-state index in [0.29, 0.717) is 24.3 Å². The predicted octanol–water partition coefficient (Wildman–Crippen LogP) is 1.54. The van der Waals surface area contributed by atoms with Crippen LogP contribution in [0.15, 0.2) is 28.8 Å². The molecule has 1 aromatic heterocycles. The molecule has 0 radical (unpaired) electrons. The molecule has 21 heavy (non-hydrogen) atoms. The van der Waals surface area contributed by atoms with Gasteiger partial charge in [-0.1, -0.05) is 5.16 Å². The molecule has 1 aromatic carbocycles. The summed E-state index contributed by atoms with van der Waals surface area (Å²) in [6, 6.07) is 8.21. The van der Waals surface area contributed by atoms with Gasteiger partial charge >= 0.3 is 0 Å². The molecule has 1 aliphatic rings. The second-order valence-corrected chi connectivity index (χ2v) is 5.25. The maximum absolute atomic E-state index is 5.35. The zero-order valence-corrected chi connectivity index (χ0v) is 12.4. The molecule has 6 nitrogen and oxygen atoms in total. The van der Waals surface area contributed by atoms with Gasteiger partial charge < -0.3 is 14.6 Å². The average molecular weight is 288 g/mol. The van der Waals surface area contributed by atoms with E-state index in [1.54, 1.807) is 7.11 Å². The van der Waals surface area contributed by atoms with Crippen LogP contribution in [-0.2, 0) is 6.54 Å². The molecule has 0 spiro atoms. The van der Waals surface area contributed by atoms with Gasteiger partial charge in [-0.3, -0.25) is 4.90 Å². The second kappa shape index (κ2) is 6.24. The van der Waals surface area contributed by atoms with E-state index in [-0.39, 0.29) is 0 Å². The second-order valence-electron chi connectivity index (χ2n) is 5.25. The summed E-state index contributed by atoms with van der Waals surface area (Å²) < 4.78 is 10.5. The average Bonchev–Trinajstić information content (AvgIpc) is 3.17. The third kappa shape index (κ3) is 3.22. The first-order valence-corrected chi connectivity index (χ1v) is 7.15. The highest BCUT2D eigenvalue weighted by molar-refractivity contribution is 5.55. The molecule has 3 rings (SSSR count). The Morgan fingerprint density at radius 2 is 2.19 bits per heavy atom. The van der Waals surface area contributed by atoms with Gasteiger partial charge in [0.2, 0.25) is 11.7 Å². The maximum atomic E-state index is 5.35. The molecule has 0 bridgehead atoms. The Bertz CT molecular complexity index is 582. The van der Waals surface area contributed by atoms with Gasteiger partial charge in [0.05, 0.1) is 13.7 Å². The van der Waals surface area contributed by atoms with Crippen LogP contribution in [-0.4, -0.2) is 48.3 Å². The van der Waals surface area contributed by atoms with E-state index < -0.39 is 0 Å². The zero-order chi connectivity index (χ0) is 14.7. The number of hydrogen-bond donors (Lipinski definition) is 1. The minimum atomic E-state index is 0.564. The highest BCUT2D eigenvalue weighted by Gasteiger charge is 2.22. The van der Waals surface area contributed by atoms with Crippen LogP contribution in [0.25, 0.3) is 11.4 Å². The van der Waals surface area contributed by atoms with Crippen molar-refractivity contribution in [1.29, 1.82) is 0 Å². The third-order valence-corrected chi connectivity index (χ3v) is 3.86. The lowest BCUT2D eigenvalue weighted by atomic mass is 10.2. The van der Waals surface area contributed by atoms with Gasteiger partial charge in [0, 0.05) is 24.7 Å². The van der Waals surface area contributed by atoms with Gasteiger partial charge in [-0.15, -0.1) is 0 Å². The van der Waals surface area contributed by atoms with Crippen molar-refractivity contribution in [2.45, 2.75) is 19.0 Å². The molecule has 1 N–H and O–H groups in total. The number of aromatic nitrogens is 2. The fourth-order valence-electron chi connectivity index (χ4n) is 2.58. The molecule has 112 valence electrons. The topological polar surface area (TPSA) is 63.4 Å². The first-order chi connectivity index (χ1) is 10.3. The van der Waals surface area contributed by atoms with Crippen LogP contribution in [0.2, 0.25) is 0 Å². The van der Waals surface area contributed by atoms with Crippen molar-refractivity contribution >= 4 is 0 Å². The van der Waals surface area contributed by atoms with E-state index in [9.17, 15) is 0 Å². The summed E-state index contributed by atoms with van der Waals surface area (Å²) in [6.45, 7) is 2.80. The SMILES string of the molecule is CNC1CCN(Cc2nc(-c3ccc(OC)cc3)no2)C1. The van der Waals surface area contributed by atoms with E-state index in [1.165, 1.54) is 0 Å². The van der Waals surface area contributed by atoms with Crippen LogP contribution in [0.4, 0.5) is 0 Å². The van der Waals surface area contributed by atoms with Crippen molar-refractivity contribution in [1.82, 2.24) is 20.4 Å². The number of nitrogens with zero attached hydrogens (tertiary/aromatic N) is 3. The number of likely N-dealkylation sites (tertiary alicyclic amines) is 1. The lowest BCUT2D eigenvalue weighted by Gasteiger charge is -2.12. The molecular formula is C15H20N4O2. The van der Waals surface area contributed by atoms with E-state index in [4.69, 9.17) is 9.26 Å². The standard InChI is InChI=1S/C15H20N4O2/c1-16-12-7-8-19(9-12)10-14-17-15(18-21-14)11-3-5-13(20-2)6-4-11/h3-6,12,16H,7-10H2,1-2H3. The van der Waals surface area contributed by atoms with Crippen molar-refractivity contribution in [3.63, 3.8) is 0 Å². The summed E-state index contributed by atoms with van der Waals surface area (Å²) in [6.07, 6.45) is 1.16. The van der Waals surface area contributed by atoms with Crippen molar-refractivity contribution in [3.8, 4) is 17.1 Å². The number of methoxy groups -OCH3 is 1. The van der Waals surface area contributed by atoms with Crippen molar-refractivity contribution < 1.29 is 9.26 Å². The quantitative estimate of drug-likeness (QED) is 0.900. The van der Waals surface area contributed by atoms with Crippen LogP contribution in [0.1, 0.15) is 12.3 Å². The van der Waals surface area contributed by atoms with Crippen molar-refractivity contribution in [2.24, 2.45) is 0 Å². The summed E-state index contributed by atoms with van der Waals surface area (Å²) in [5.74, 6) is 2.10. The van der Waals surface area contributed by atoms with Crippen molar-refractivity contribution in [2.75, 3.05) is 27.2 Å². The first-order valence-electron chi connectivity index (χ1n) is 7.15. The Hall–Kier alpha value is -1.92. The molecular weight excluding hydrogens is 268 g/mol. The normalized spacial score (nSPS) is 19.0. The Labute approximate surface area is 124 Å². The van der Waals surface area contributed by atoms with Gasteiger partial charge in [0.15, 0.2) is 0 Å². The molecule has 1 atom stereocenters. The van der Waals surface area contributed by atoms with Gasteiger partial charge in [0.1, 0.15) is 5.75 Å². The van der Waals surface area contributed by atoms with E-state index >= 15 is 0 Å². The maximum Gasteiger partial charge on any atom is 0.241 e. The number of nitrogens with one attached hydrogen (secondary N) is 1. The van der Waals surface area contributed by atoms with Gasteiger partial charge in [-0.2, -0.15) is 4.98 Å². The highest BCUT2D eigenvalue weighted by Crippen LogP contribution is 2.20. The summed E-state index contributed by atoms with van der Waals surface area (Å²) in [7, 11) is 3.65. The van der Waals surface area contributed by atoms with Gasteiger partial charge in [0.25, 0.3) is 0 Å². The largest absolute Gasteiger partial charge is 0.497 e. The van der Waals surface area contributed by atoms with Crippen LogP contribution in [0.5, 0.6) is 5.75 Å². The lowest BCUT2D eigenvalue weighted by molar-refractivity contribution is 0.263.